The summed E-state index contributed by atoms with van der Waals surface area (Å²) < 4.78 is 53.0. The lowest BCUT2D eigenvalue weighted by Crippen LogP contribution is -2.33. The van der Waals surface area contributed by atoms with Crippen LogP contribution in [-0.4, -0.2) is 12.5 Å². The molecule has 1 aromatic rings. The van der Waals surface area contributed by atoms with Crippen molar-refractivity contribution < 1.29 is 22.3 Å². The lowest BCUT2D eigenvalue weighted by atomic mass is 10.2. The largest absolute Gasteiger partial charge is 0.461 e. The molecule has 0 saturated carbocycles. The van der Waals surface area contributed by atoms with E-state index in [0.29, 0.717) is 5.56 Å². The van der Waals surface area contributed by atoms with Crippen LogP contribution in [0.15, 0.2) is 22.7 Å². The van der Waals surface area contributed by atoms with Crippen LogP contribution in [0, 0.1) is 6.92 Å². The zero-order chi connectivity index (χ0) is 11.6. The summed E-state index contributed by atoms with van der Waals surface area (Å²) in [7, 11) is 0. The number of benzene rings is 1. The Labute approximate surface area is 92.2 Å². The van der Waals surface area contributed by atoms with Crippen LogP contribution in [0.3, 0.4) is 0 Å². The predicted octanol–water partition coefficient (Wildman–Crippen LogP) is 3.99. The molecule has 0 bridgehead atoms. The van der Waals surface area contributed by atoms with Crippen LogP contribution in [0.1, 0.15) is 5.56 Å². The van der Waals surface area contributed by atoms with E-state index < -0.39 is 12.5 Å². The van der Waals surface area contributed by atoms with Gasteiger partial charge in [0.1, 0.15) is 5.75 Å². The van der Waals surface area contributed by atoms with E-state index in [-0.39, 0.29) is 10.2 Å². The van der Waals surface area contributed by atoms with Gasteiger partial charge in [0, 0.05) is 0 Å². The molecule has 1 rings (SSSR count). The Kier molecular flexibility index (Phi) is 3.59. The van der Waals surface area contributed by atoms with Crippen molar-refractivity contribution in [2.75, 3.05) is 0 Å². The smallest absolute Gasteiger partial charge is 0.427 e. The van der Waals surface area contributed by atoms with E-state index in [0.717, 1.165) is 0 Å². The van der Waals surface area contributed by atoms with E-state index in [1.54, 1.807) is 13.0 Å². The summed E-state index contributed by atoms with van der Waals surface area (Å²) in [5.74, 6) is -0.305. The van der Waals surface area contributed by atoms with Gasteiger partial charge in [0.05, 0.1) is 4.47 Å². The minimum atomic E-state index is -4.48. The zero-order valence-electron chi connectivity index (χ0n) is 7.61. The minimum Gasteiger partial charge on any atom is -0.427 e. The van der Waals surface area contributed by atoms with Gasteiger partial charge in [0.15, 0.2) is 0 Å². The highest BCUT2D eigenvalue weighted by Gasteiger charge is 2.44. The van der Waals surface area contributed by atoms with Gasteiger partial charge < -0.3 is 4.74 Å². The van der Waals surface area contributed by atoms with Crippen molar-refractivity contribution in [1.29, 1.82) is 0 Å². The molecule has 0 aliphatic rings. The van der Waals surface area contributed by atoms with Crippen molar-refractivity contribution in [3.8, 4) is 5.75 Å². The lowest BCUT2D eigenvalue weighted by Gasteiger charge is -2.18. The van der Waals surface area contributed by atoms with Crippen LogP contribution in [-0.2, 0) is 0 Å². The van der Waals surface area contributed by atoms with Crippen molar-refractivity contribution in [3.63, 3.8) is 0 Å². The molecule has 0 fully saturated rings. The molecule has 0 amide bonds. The lowest BCUT2D eigenvalue weighted by molar-refractivity contribution is -0.253. The van der Waals surface area contributed by atoms with Crippen LogP contribution in [0.5, 0.6) is 5.75 Å². The third-order valence-electron chi connectivity index (χ3n) is 1.66. The van der Waals surface area contributed by atoms with Gasteiger partial charge in [-0.1, -0.05) is 12.1 Å². The van der Waals surface area contributed by atoms with Crippen LogP contribution >= 0.6 is 15.9 Å². The monoisotopic (exact) mass is 286 g/mol. The van der Waals surface area contributed by atoms with Gasteiger partial charge in [-0.05, 0) is 34.5 Å². The summed E-state index contributed by atoms with van der Waals surface area (Å²) in [4.78, 5) is 0. The second-order valence-corrected chi connectivity index (χ2v) is 3.64. The molecule has 0 saturated heterocycles. The first-order valence-electron chi connectivity index (χ1n) is 3.94. The predicted molar refractivity (Wildman–Crippen MR) is 50.5 cm³/mol. The first-order valence-corrected chi connectivity index (χ1v) is 4.74. The first kappa shape index (κ1) is 12.3. The molecule has 84 valence electrons. The summed E-state index contributed by atoms with van der Waals surface area (Å²) in [5, 5.41) is 0. The van der Waals surface area contributed by atoms with Gasteiger partial charge in [-0.2, -0.15) is 17.6 Å². The van der Waals surface area contributed by atoms with Gasteiger partial charge in [-0.25, -0.2) is 0 Å². The second kappa shape index (κ2) is 4.38. The minimum absolute atomic E-state index is 0.241. The van der Waals surface area contributed by atoms with Crippen molar-refractivity contribution in [2.24, 2.45) is 0 Å². The van der Waals surface area contributed by atoms with Gasteiger partial charge in [0.25, 0.3) is 0 Å². The Balaban J connectivity index is 2.95. The van der Waals surface area contributed by atoms with Gasteiger partial charge >= 0.3 is 12.5 Å². The topological polar surface area (TPSA) is 9.23 Å². The Morgan fingerprint density at radius 2 is 1.93 bits per heavy atom. The number of hydrogen-bond donors (Lipinski definition) is 0. The Morgan fingerprint density at radius 3 is 2.47 bits per heavy atom. The molecular formula is C9H7BrF4O. The van der Waals surface area contributed by atoms with Crippen LogP contribution in [0.25, 0.3) is 0 Å². The summed E-state index contributed by atoms with van der Waals surface area (Å²) in [5.41, 5.74) is 0.623. The van der Waals surface area contributed by atoms with Gasteiger partial charge in [0.2, 0.25) is 0 Å². The standard InChI is InChI=1S/C9H7BrF4O/c1-5-3-2-4-6(7(5)10)15-9(13,14)8(11)12/h2-4,8H,1H3. The fraction of sp³-hybridized carbons (Fsp3) is 0.333. The van der Waals surface area contributed by atoms with Crippen molar-refractivity contribution in [2.45, 2.75) is 19.5 Å². The van der Waals surface area contributed by atoms with Crippen LogP contribution < -0.4 is 4.74 Å². The summed E-state index contributed by atoms with van der Waals surface area (Å²) in [6, 6.07) is 4.27. The Bertz CT molecular complexity index is 354. The molecule has 0 radical (unpaired) electrons. The SMILES string of the molecule is Cc1cccc(OC(F)(F)C(F)F)c1Br. The van der Waals surface area contributed by atoms with Crippen molar-refractivity contribution in [1.82, 2.24) is 0 Å². The van der Waals surface area contributed by atoms with Crippen LogP contribution in [0.2, 0.25) is 0 Å². The molecule has 0 unspecified atom stereocenters. The zero-order valence-corrected chi connectivity index (χ0v) is 9.19. The normalized spacial score (nSPS) is 11.9. The maximum absolute atomic E-state index is 12.6. The van der Waals surface area contributed by atoms with Gasteiger partial charge in [-0.3, -0.25) is 0 Å². The average Bonchev–Trinajstić information content (AvgIpc) is 2.12. The van der Waals surface area contributed by atoms with E-state index in [1.807, 2.05) is 0 Å². The number of aryl methyl sites for hydroxylation is 1. The molecule has 0 spiro atoms. The number of hydrogen-bond acceptors (Lipinski definition) is 1. The summed E-state index contributed by atoms with van der Waals surface area (Å²) in [6.45, 7) is 1.64. The first-order chi connectivity index (χ1) is 6.84. The highest BCUT2D eigenvalue weighted by atomic mass is 79.9. The fourth-order valence-electron chi connectivity index (χ4n) is 0.890. The molecular weight excluding hydrogens is 280 g/mol. The van der Waals surface area contributed by atoms with E-state index in [1.165, 1.54) is 12.1 Å². The maximum atomic E-state index is 12.6. The van der Waals surface area contributed by atoms with E-state index in [4.69, 9.17) is 0 Å². The number of rotatable bonds is 3. The van der Waals surface area contributed by atoms with Crippen LogP contribution in [0.4, 0.5) is 17.6 Å². The Hall–Kier alpha value is -0.780. The quantitative estimate of drug-likeness (QED) is 0.764. The average molecular weight is 287 g/mol. The number of ether oxygens (including phenoxy) is 1. The maximum Gasteiger partial charge on any atom is 0.461 e. The molecule has 1 aromatic carbocycles. The molecule has 0 heterocycles. The third-order valence-corrected chi connectivity index (χ3v) is 2.67. The second-order valence-electron chi connectivity index (χ2n) is 2.85. The summed E-state index contributed by atoms with van der Waals surface area (Å²) in [6.07, 6.45) is -8.33. The highest BCUT2D eigenvalue weighted by molar-refractivity contribution is 9.10. The number of alkyl halides is 4. The molecule has 0 N–H and O–H groups in total. The highest BCUT2D eigenvalue weighted by Crippen LogP contribution is 2.34. The van der Waals surface area contributed by atoms with Crippen molar-refractivity contribution in [3.05, 3.63) is 28.2 Å². The van der Waals surface area contributed by atoms with Crippen molar-refractivity contribution >= 4 is 15.9 Å². The third kappa shape index (κ3) is 2.84. The van der Waals surface area contributed by atoms with E-state index >= 15 is 0 Å². The molecule has 0 atom stereocenters. The number of halogens is 5. The van der Waals surface area contributed by atoms with Gasteiger partial charge in [-0.15, -0.1) is 0 Å². The molecule has 0 aliphatic heterocycles. The Morgan fingerprint density at radius 1 is 1.33 bits per heavy atom. The molecule has 0 aliphatic carbocycles. The molecule has 1 nitrogen and oxygen atoms in total. The summed E-state index contributed by atoms with van der Waals surface area (Å²) >= 11 is 2.98. The molecule has 15 heavy (non-hydrogen) atoms. The molecule has 6 heteroatoms. The van der Waals surface area contributed by atoms with E-state index in [9.17, 15) is 17.6 Å². The van der Waals surface area contributed by atoms with E-state index in [2.05, 4.69) is 20.7 Å². The molecule has 0 aromatic heterocycles. The fourth-order valence-corrected chi connectivity index (χ4v) is 1.24.